The van der Waals surface area contributed by atoms with Crippen molar-refractivity contribution >= 4 is 28.9 Å². The minimum Gasteiger partial charge on any atom is -0.495 e. The van der Waals surface area contributed by atoms with Crippen molar-refractivity contribution in [2.45, 2.75) is 32.6 Å². The Kier molecular flexibility index (Phi) is 6.11. The molecule has 0 aromatic heterocycles. The number of hydrogen-bond acceptors (Lipinski definition) is 4. The van der Waals surface area contributed by atoms with Crippen molar-refractivity contribution in [2.75, 3.05) is 41.9 Å². The first-order valence-electron chi connectivity index (χ1n) is 10.8. The highest BCUT2D eigenvalue weighted by atomic mass is 19.1. The van der Waals surface area contributed by atoms with Crippen molar-refractivity contribution < 1.29 is 18.7 Å². The van der Waals surface area contributed by atoms with Crippen molar-refractivity contribution in [3.8, 4) is 5.75 Å². The SMILES string of the molecule is COc1ccc(C)cc1N1CC(C(=O)Nc2cc(F)ccc2N2CCCCC2)CC1=O. The molecule has 7 heteroatoms. The number of methoxy groups -OCH3 is 1. The average molecular weight is 426 g/mol. The van der Waals surface area contributed by atoms with Crippen LogP contribution in [-0.2, 0) is 9.59 Å². The molecule has 6 nitrogen and oxygen atoms in total. The topological polar surface area (TPSA) is 61.9 Å². The lowest BCUT2D eigenvalue weighted by atomic mass is 10.1. The number of nitrogens with one attached hydrogen (secondary N) is 1. The second kappa shape index (κ2) is 8.96. The van der Waals surface area contributed by atoms with Gasteiger partial charge in [0.2, 0.25) is 11.8 Å². The van der Waals surface area contributed by atoms with Crippen molar-refractivity contribution in [1.82, 2.24) is 0 Å². The first kappa shape index (κ1) is 21.2. The smallest absolute Gasteiger partial charge is 0.229 e. The number of benzene rings is 2. The van der Waals surface area contributed by atoms with E-state index in [9.17, 15) is 14.0 Å². The van der Waals surface area contributed by atoms with Crippen LogP contribution in [0.3, 0.4) is 0 Å². The van der Waals surface area contributed by atoms with E-state index >= 15 is 0 Å². The van der Waals surface area contributed by atoms with Crippen molar-refractivity contribution in [1.29, 1.82) is 0 Å². The summed E-state index contributed by atoms with van der Waals surface area (Å²) in [7, 11) is 1.56. The van der Waals surface area contributed by atoms with Crippen LogP contribution in [0.5, 0.6) is 5.75 Å². The van der Waals surface area contributed by atoms with E-state index in [4.69, 9.17) is 4.74 Å². The molecule has 0 radical (unpaired) electrons. The van der Waals surface area contributed by atoms with Crippen LogP contribution in [0.1, 0.15) is 31.2 Å². The lowest BCUT2D eigenvalue weighted by molar-refractivity contribution is -0.122. The zero-order chi connectivity index (χ0) is 22.0. The molecule has 2 fully saturated rings. The molecule has 2 saturated heterocycles. The van der Waals surface area contributed by atoms with Crippen LogP contribution in [0, 0.1) is 18.7 Å². The summed E-state index contributed by atoms with van der Waals surface area (Å²) in [6.45, 7) is 3.98. The number of piperidine rings is 1. The summed E-state index contributed by atoms with van der Waals surface area (Å²) in [4.78, 5) is 29.5. The fourth-order valence-electron chi connectivity index (χ4n) is 4.38. The van der Waals surface area contributed by atoms with Gasteiger partial charge in [-0.1, -0.05) is 6.07 Å². The van der Waals surface area contributed by atoms with E-state index in [0.29, 0.717) is 17.1 Å². The van der Waals surface area contributed by atoms with Gasteiger partial charge in [0.05, 0.1) is 30.1 Å². The number of rotatable bonds is 5. The first-order chi connectivity index (χ1) is 15.0. The largest absolute Gasteiger partial charge is 0.495 e. The number of nitrogens with zero attached hydrogens (tertiary/aromatic N) is 2. The van der Waals surface area contributed by atoms with Gasteiger partial charge < -0.3 is 19.9 Å². The fraction of sp³-hybridized carbons (Fsp3) is 0.417. The third-order valence-electron chi connectivity index (χ3n) is 6.03. The molecule has 2 heterocycles. The second-order valence-electron chi connectivity index (χ2n) is 8.28. The number of halogens is 1. The minimum absolute atomic E-state index is 0.108. The second-order valence-corrected chi connectivity index (χ2v) is 8.28. The summed E-state index contributed by atoms with van der Waals surface area (Å²) in [5.41, 5.74) is 2.96. The molecule has 164 valence electrons. The first-order valence-corrected chi connectivity index (χ1v) is 10.8. The van der Waals surface area contributed by atoms with E-state index in [1.807, 2.05) is 25.1 Å². The molecule has 0 spiro atoms. The molecule has 31 heavy (non-hydrogen) atoms. The Balaban J connectivity index is 1.52. The zero-order valence-corrected chi connectivity index (χ0v) is 18.0. The van der Waals surface area contributed by atoms with Crippen molar-refractivity contribution in [2.24, 2.45) is 5.92 Å². The van der Waals surface area contributed by atoms with Crippen LogP contribution < -0.4 is 19.9 Å². The monoisotopic (exact) mass is 425 g/mol. The highest BCUT2D eigenvalue weighted by Gasteiger charge is 2.36. The summed E-state index contributed by atoms with van der Waals surface area (Å²) in [6.07, 6.45) is 3.45. The lowest BCUT2D eigenvalue weighted by Crippen LogP contribution is -2.32. The van der Waals surface area contributed by atoms with Crippen LogP contribution in [0.4, 0.5) is 21.5 Å². The van der Waals surface area contributed by atoms with Gasteiger partial charge in [0.1, 0.15) is 11.6 Å². The van der Waals surface area contributed by atoms with Crippen LogP contribution in [0.2, 0.25) is 0 Å². The summed E-state index contributed by atoms with van der Waals surface area (Å²) >= 11 is 0. The van der Waals surface area contributed by atoms with Crippen LogP contribution in [0.25, 0.3) is 0 Å². The van der Waals surface area contributed by atoms with Gasteiger partial charge in [-0.05, 0) is 62.1 Å². The molecule has 0 aliphatic carbocycles. The van der Waals surface area contributed by atoms with Gasteiger partial charge in [-0.15, -0.1) is 0 Å². The van der Waals surface area contributed by atoms with E-state index in [1.54, 1.807) is 18.1 Å². The maximum Gasteiger partial charge on any atom is 0.229 e. The Labute approximate surface area is 182 Å². The van der Waals surface area contributed by atoms with E-state index < -0.39 is 11.7 Å². The number of carbonyl (C=O) groups is 2. The highest BCUT2D eigenvalue weighted by molar-refractivity contribution is 6.05. The molecular formula is C24H28FN3O3. The van der Waals surface area contributed by atoms with Gasteiger partial charge in [-0.2, -0.15) is 0 Å². The van der Waals surface area contributed by atoms with Crippen LogP contribution >= 0.6 is 0 Å². The molecule has 1 unspecified atom stereocenters. The van der Waals surface area contributed by atoms with Gasteiger partial charge in [-0.25, -0.2) is 4.39 Å². The van der Waals surface area contributed by atoms with Crippen LogP contribution in [0.15, 0.2) is 36.4 Å². The van der Waals surface area contributed by atoms with Gasteiger partial charge in [0.15, 0.2) is 0 Å². The molecular weight excluding hydrogens is 397 g/mol. The van der Waals surface area contributed by atoms with Crippen molar-refractivity contribution in [3.05, 3.63) is 47.8 Å². The maximum absolute atomic E-state index is 14.0. The average Bonchev–Trinajstić information content (AvgIpc) is 3.16. The normalized spacial score (nSPS) is 18.9. The number of carbonyl (C=O) groups excluding carboxylic acids is 2. The highest BCUT2D eigenvalue weighted by Crippen LogP contribution is 2.35. The molecule has 4 rings (SSSR count). The molecule has 1 N–H and O–H groups in total. The summed E-state index contributed by atoms with van der Waals surface area (Å²) in [6, 6.07) is 10.1. The van der Waals surface area contributed by atoms with E-state index in [2.05, 4.69) is 10.2 Å². The van der Waals surface area contributed by atoms with Gasteiger partial charge in [0, 0.05) is 26.1 Å². The number of amides is 2. The van der Waals surface area contributed by atoms with E-state index in [0.717, 1.165) is 37.2 Å². The van der Waals surface area contributed by atoms with E-state index in [1.165, 1.54) is 18.6 Å². The Bertz CT molecular complexity index is 988. The molecule has 0 saturated carbocycles. The molecule has 2 amide bonds. The molecule has 2 aromatic carbocycles. The molecule has 2 aliphatic heterocycles. The van der Waals surface area contributed by atoms with Crippen molar-refractivity contribution in [3.63, 3.8) is 0 Å². The Morgan fingerprint density at radius 1 is 1.10 bits per heavy atom. The predicted molar refractivity (Wildman–Crippen MR) is 119 cm³/mol. The summed E-state index contributed by atoms with van der Waals surface area (Å²) in [5.74, 6) is -0.719. The lowest BCUT2D eigenvalue weighted by Gasteiger charge is -2.30. The Morgan fingerprint density at radius 2 is 1.87 bits per heavy atom. The molecule has 2 aromatic rings. The Hall–Kier alpha value is -3.09. The number of anilines is 3. The third kappa shape index (κ3) is 4.50. The molecule has 0 bridgehead atoms. The predicted octanol–water partition coefficient (Wildman–Crippen LogP) is 4.12. The van der Waals surface area contributed by atoms with Crippen LogP contribution in [-0.4, -0.2) is 38.6 Å². The standard InChI is InChI=1S/C24H28FN3O3/c1-16-6-9-22(31-2)21(12-16)28-15-17(13-23(28)29)24(30)26-19-14-18(25)7-8-20(19)27-10-4-3-5-11-27/h6-9,12,14,17H,3-5,10-11,13,15H2,1-2H3,(H,26,30). The number of ether oxygens (including phenoxy) is 1. The van der Waals surface area contributed by atoms with Gasteiger partial charge >= 0.3 is 0 Å². The fourth-order valence-corrected chi connectivity index (χ4v) is 4.38. The number of hydrogen-bond donors (Lipinski definition) is 1. The Morgan fingerprint density at radius 3 is 2.61 bits per heavy atom. The zero-order valence-electron chi connectivity index (χ0n) is 18.0. The minimum atomic E-state index is -0.518. The molecule has 2 aliphatic rings. The van der Waals surface area contributed by atoms with Gasteiger partial charge in [-0.3, -0.25) is 9.59 Å². The third-order valence-corrected chi connectivity index (χ3v) is 6.03. The summed E-state index contributed by atoms with van der Waals surface area (Å²) in [5, 5.41) is 2.89. The quantitative estimate of drug-likeness (QED) is 0.783. The number of aryl methyl sites for hydroxylation is 1. The summed E-state index contributed by atoms with van der Waals surface area (Å²) < 4.78 is 19.4. The molecule has 1 atom stereocenters. The van der Waals surface area contributed by atoms with E-state index in [-0.39, 0.29) is 24.8 Å². The maximum atomic E-state index is 14.0. The van der Waals surface area contributed by atoms with Gasteiger partial charge in [0.25, 0.3) is 0 Å².